The molecule has 0 atom stereocenters. The summed E-state index contributed by atoms with van der Waals surface area (Å²) in [7, 11) is -4.78. The van der Waals surface area contributed by atoms with Gasteiger partial charge in [0.25, 0.3) is 0 Å². The molecule has 0 spiro atoms. The predicted octanol–water partition coefficient (Wildman–Crippen LogP) is 5.74. The SMILES string of the molecule is Nc1nccc(-c2cccnc2Oc2ccc(Nc3nnc(-c4ccccc4OP(=O)(O)O)c4ccccc34)cc2)n1. The van der Waals surface area contributed by atoms with E-state index >= 15 is 0 Å². The number of para-hydroxylation sites is 1. The molecule has 3 heterocycles. The van der Waals surface area contributed by atoms with Gasteiger partial charge in [0, 0.05) is 34.4 Å². The molecule has 5 N–H and O–H groups in total. The third-order valence-corrected chi connectivity index (χ3v) is 6.53. The number of aromatic nitrogens is 5. The Bertz CT molecular complexity index is 1950. The maximum absolute atomic E-state index is 11.5. The first-order valence-corrected chi connectivity index (χ1v) is 14.1. The molecular formula is C29H22N7O5P. The molecule has 0 unspecified atom stereocenters. The zero-order valence-electron chi connectivity index (χ0n) is 21.7. The summed E-state index contributed by atoms with van der Waals surface area (Å²) in [6.45, 7) is 0. The van der Waals surface area contributed by atoms with E-state index in [4.69, 9.17) is 15.0 Å². The summed E-state index contributed by atoms with van der Waals surface area (Å²) in [5.74, 6) is 1.56. The van der Waals surface area contributed by atoms with Gasteiger partial charge in [-0.1, -0.05) is 36.4 Å². The lowest BCUT2D eigenvalue weighted by atomic mass is 10.0. The minimum absolute atomic E-state index is 0.000767. The monoisotopic (exact) mass is 579 g/mol. The molecule has 3 aromatic carbocycles. The number of nitrogens with zero attached hydrogens (tertiary/aromatic N) is 5. The molecule has 0 aliphatic carbocycles. The van der Waals surface area contributed by atoms with Crippen LogP contribution in [0.25, 0.3) is 33.3 Å². The minimum Gasteiger partial charge on any atom is -0.438 e. The van der Waals surface area contributed by atoms with Crippen LogP contribution < -0.4 is 20.3 Å². The summed E-state index contributed by atoms with van der Waals surface area (Å²) < 4.78 is 22.5. The van der Waals surface area contributed by atoms with Crippen molar-refractivity contribution in [2.75, 3.05) is 11.1 Å². The van der Waals surface area contributed by atoms with E-state index in [9.17, 15) is 14.4 Å². The van der Waals surface area contributed by atoms with Gasteiger partial charge in [-0.25, -0.2) is 19.5 Å². The third-order valence-electron chi connectivity index (χ3n) is 6.10. The van der Waals surface area contributed by atoms with Crippen molar-refractivity contribution in [1.29, 1.82) is 0 Å². The van der Waals surface area contributed by atoms with Crippen molar-refractivity contribution in [3.05, 3.63) is 103 Å². The average molecular weight is 580 g/mol. The first-order valence-electron chi connectivity index (χ1n) is 12.5. The van der Waals surface area contributed by atoms with Gasteiger partial charge < -0.3 is 20.3 Å². The highest BCUT2D eigenvalue weighted by molar-refractivity contribution is 7.46. The molecule has 0 fully saturated rings. The van der Waals surface area contributed by atoms with Crippen molar-refractivity contribution in [1.82, 2.24) is 25.1 Å². The van der Waals surface area contributed by atoms with Gasteiger partial charge in [0.1, 0.15) is 17.2 Å². The van der Waals surface area contributed by atoms with Crippen molar-refractivity contribution in [3.63, 3.8) is 0 Å². The van der Waals surface area contributed by atoms with Crippen molar-refractivity contribution in [2.24, 2.45) is 0 Å². The second kappa shape index (κ2) is 11.2. The average Bonchev–Trinajstić information content (AvgIpc) is 2.98. The number of benzene rings is 3. The smallest absolute Gasteiger partial charge is 0.438 e. The Morgan fingerprint density at radius 2 is 1.50 bits per heavy atom. The van der Waals surface area contributed by atoms with Crippen LogP contribution >= 0.6 is 7.82 Å². The normalized spacial score (nSPS) is 11.3. The van der Waals surface area contributed by atoms with E-state index in [0.717, 1.165) is 11.1 Å². The minimum atomic E-state index is -4.78. The topological polar surface area (TPSA) is 178 Å². The quantitative estimate of drug-likeness (QED) is 0.161. The van der Waals surface area contributed by atoms with Crippen LogP contribution in [0.3, 0.4) is 0 Å². The Kier molecular flexibility index (Phi) is 7.16. The number of ether oxygens (including phenoxy) is 1. The van der Waals surface area contributed by atoms with E-state index in [0.29, 0.717) is 45.3 Å². The van der Waals surface area contributed by atoms with Crippen molar-refractivity contribution >= 4 is 36.0 Å². The summed E-state index contributed by atoms with van der Waals surface area (Å²) in [4.78, 5) is 31.3. The van der Waals surface area contributed by atoms with Crippen LogP contribution in [0, 0.1) is 0 Å². The van der Waals surface area contributed by atoms with Gasteiger partial charge in [0.15, 0.2) is 5.82 Å². The van der Waals surface area contributed by atoms with Crippen LogP contribution in [0.2, 0.25) is 0 Å². The van der Waals surface area contributed by atoms with Gasteiger partial charge in [0.2, 0.25) is 11.8 Å². The number of hydrogen-bond acceptors (Lipinski definition) is 10. The predicted molar refractivity (Wildman–Crippen MR) is 157 cm³/mol. The number of hydrogen-bond donors (Lipinski definition) is 4. The van der Waals surface area contributed by atoms with Gasteiger partial charge in [-0.2, -0.15) is 0 Å². The molecule has 0 aliphatic rings. The molecule has 0 saturated carbocycles. The lowest BCUT2D eigenvalue weighted by Crippen LogP contribution is -2.00. The fraction of sp³-hybridized carbons (Fsp3) is 0. The highest BCUT2D eigenvalue weighted by Crippen LogP contribution is 2.43. The fourth-order valence-electron chi connectivity index (χ4n) is 4.31. The van der Waals surface area contributed by atoms with Crippen LogP contribution in [0.1, 0.15) is 0 Å². The third kappa shape index (κ3) is 5.86. The zero-order valence-corrected chi connectivity index (χ0v) is 22.6. The molecule has 6 aromatic rings. The highest BCUT2D eigenvalue weighted by Gasteiger charge is 2.21. The van der Waals surface area contributed by atoms with Gasteiger partial charge in [0.05, 0.1) is 11.3 Å². The van der Waals surface area contributed by atoms with Gasteiger partial charge in [-0.3, -0.25) is 9.79 Å². The Morgan fingerprint density at radius 1 is 0.762 bits per heavy atom. The summed E-state index contributed by atoms with van der Waals surface area (Å²) in [5, 5.41) is 13.5. The number of phosphoric ester groups is 1. The number of rotatable bonds is 8. The maximum atomic E-state index is 11.5. The largest absolute Gasteiger partial charge is 0.524 e. The molecule has 0 aliphatic heterocycles. The molecule has 0 saturated heterocycles. The Labute approximate surface area is 239 Å². The van der Waals surface area contributed by atoms with Crippen LogP contribution in [0.4, 0.5) is 17.5 Å². The second-order valence-corrected chi connectivity index (χ2v) is 10.1. The van der Waals surface area contributed by atoms with E-state index < -0.39 is 7.82 Å². The van der Waals surface area contributed by atoms with Gasteiger partial charge in [-0.15, -0.1) is 10.2 Å². The lowest BCUT2D eigenvalue weighted by Gasteiger charge is -2.14. The number of phosphoric acid groups is 1. The number of anilines is 3. The van der Waals surface area contributed by atoms with E-state index in [1.807, 2.05) is 42.5 Å². The summed E-state index contributed by atoms with van der Waals surface area (Å²) in [6, 6.07) is 26.5. The van der Waals surface area contributed by atoms with E-state index in [1.165, 1.54) is 6.07 Å². The highest BCUT2D eigenvalue weighted by atomic mass is 31.2. The Morgan fingerprint density at radius 3 is 2.29 bits per heavy atom. The number of fused-ring (bicyclic) bond motifs is 1. The van der Waals surface area contributed by atoms with Crippen LogP contribution in [0.5, 0.6) is 17.4 Å². The number of pyridine rings is 1. The number of nitrogens with one attached hydrogen (secondary N) is 1. The van der Waals surface area contributed by atoms with E-state index in [1.54, 1.807) is 54.9 Å². The van der Waals surface area contributed by atoms with Crippen molar-refractivity contribution < 1.29 is 23.6 Å². The van der Waals surface area contributed by atoms with Gasteiger partial charge in [-0.05, 0) is 54.6 Å². The first kappa shape index (κ1) is 26.8. The molecule has 3 aromatic heterocycles. The molecule has 0 amide bonds. The first-order chi connectivity index (χ1) is 20.3. The molecule has 0 radical (unpaired) electrons. The van der Waals surface area contributed by atoms with E-state index in [2.05, 4.69) is 30.5 Å². The fourth-order valence-corrected chi connectivity index (χ4v) is 4.73. The zero-order chi connectivity index (χ0) is 29.1. The summed E-state index contributed by atoms with van der Waals surface area (Å²) >= 11 is 0. The molecule has 0 bridgehead atoms. The Balaban J connectivity index is 1.27. The van der Waals surface area contributed by atoms with E-state index in [-0.39, 0.29) is 11.7 Å². The molecule has 208 valence electrons. The molecule has 12 nitrogen and oxygen atoms in total. The second-order valence-electron chi connectivity index (χ2n) is 8.93. The summed E-state index contributed by atoms with van der Waals surface area (Å²) in [5.41, 5.74) is 8.55. The summed E-state index contributed by atoms with van der Waals surface area (Å²) in [6.07, 6.45) is 3.20. The van der Waals surface area contributed by atoms with Crippen LogP contribution in [0.15, 0.2) is 103 Å². The maximum Gasteiger partial charge on any atom is 0.524 e. The molecular weight excluding hydrogens is 557 g/mol. The van der Waals surface area contributed by atoms with Crippen LogP contribution in [-0.2, 0) is 4.57 Å². The van der Waals surface area contributed by atoms with Crippen molar-refractivity contribution in [3.8, 4) is 39.9 Å². The van der Waals surface area contributed by atoms with Gasteiger partial charge >= 0.3 is 7.82 Å². The standard InChI is InChI=1S/C29H22N7O5P/c30-29-32-17-15-24(34-29)22-9-5-16-31-28(22)40-19-13-11-18(12-14-19)33-27-21-7-2-1-6-20(21)26(35-36-27)23-8-3-4-10-25(23)41-42(37,38)39/h1-17H,(H,33,36)(H2,30,32,34)(H2,37,38,39). The number of nitrogens with two attached hydrogens (primary N) is 1. The lowest BCUT2D eigenvalue weighted by molar-refractivity contribution is 0.283. The number of nitrogen functional groups attached to an aromatic ring is 1. The molecule has 42 heavy (non-hydrogen) atoms. The molecule has 6 rings (SSSR count). The Hall–Kier alpha value is -5.42. The van der Waals surface area contributed by atoms with Crippen LogP contribution in [-0.4, -0.2) is 34.9 Å². The molecule has 13 heteroatoms. The van der Waals surface area contributed by atoms with Crippen molar-refractivity contribution in [2.45, 2.75) is 0 Å².